The van der Waals surface area contributed by atoms with Gasteiger partial charge in [0, 0.05) is 0 Å². The fourth-order valence-corrected chi connectivity index (χ4v) is 15.3. The van der Waals surface area contributed by atoms with Crippen molar-refractivity contribution in [2.75, 3.05) is 0 Å². The van der Waals surface area contributed by atoms with Gasteiger partial charge in [-0.15, -0.1) is 0 Å². The summed E-state index contributed by atoms with van der Waals surface area (Å²) in [5.74, 6) is 0. The Morgan fingerprint density at radius 2 is 1.20 bits per heavy atom. The van der Waals surface area contributed by atoms with Crippen molar-refractivity contribution in [3.05, 3.63) is 0 Å². The molecule has 62 valence electrons. The van der Waals surface area contributed by atoms with E-state index < -0.39 is 9.50 Å². The molecule has 2 atom stereocenters. The van der Waals surface area contributed by atoms with Gasteiger partial charge >= 0.3 is 0 Å². The Hall–Kier alpha value is 2.56. The minimum Gasteiger partial charge on any atom is -0.703 e. The van der Waals surface area contributed by atoms with Gasteiger partial charge in [0.25, 0.3) is 0 Å². The first-order chi connectivity index (χ1) is 4.21. The molecule has 0 aliphatic rings. The van der Waals surface area contributed by atoms with E-state index in [1.165, 1.54) is 0 Å². The summed E-state index contributed by atoms with van der Waals surface area (Å²) in [5, 5.41) is 0. The van der Waals surface area contributed by atoms with E-state index in [1.807, 2.05) is 0 Å². The van der Waals surface area contributed by atoms with Crippen LogP contribution in [0.3, 0.4) is 0 Å². The summed E-state index contributed by atoms with van der Waals surface area (Å²) in [6.45, 7) is 0. The molecule has 0 aromatic rings. The maximum Gasteiger partial charge on any atom is 0.0529 e. The molecule has 0 bridgehead atoms. The van der Waals surface area contributed by atoms with Crippen LogP contribution in [0, 0.1) is 0 Å². The lowest BCUT2D eigenvalue weighted by Crippen LogP contribution is -1.51. The van der Waals surface area contributed by atoms with Gasteiger partial charge in [0.15, 0.2) is 0 Å². The SMILES string of the molecule is FP(=S)([S-])SSP(F)(=S)[S-]. The predicted molar refractivity (Wildman–Crippen MR) is 60.7 cm³/mol. The van der Waals surface area contributed by atoms with Crippen LogP contribution in [0.2, 0.25) is 0 Å². The molecular weight excluding hydrogens is 292 g/mol. The first kappa shape index (κ1) is 12.6. The lowest BCUT2D eigenvalue weighted by Gasteiger charge is -2.21. The van der Waals surface area contributed by atoms with Gasteiger partial charge in [0.05, 0.1) is 9.50 Å². The highest BCUT2D eigenvalue weighted by molar-refractivity contribution is 9.28. The molecule has 0 nitrogen and oxygen atoms in total. The first-order valence-electron chi connectivity index (χ1n) is 1.60. The smallest absolute Gasteiger partial charge is 0.0529 e. The number of hydrogen-bond donors (Lipinski definition) is 0. The molecule has 0 aliphatic heterocycles. The summed E-state index contributed by atoms with van der Waals surface area (Å²) < 4.78 is 18.1. The van der Waals surface area contributed by atoms with E-state index in [0.717, 1.165) is 0 Å². The van der Waals surface area contributed by atoms with Gasteiger partial charge in [0.1, 0.15) is 0 Å². The molecule has 0 fully saturated rings. The largest absolute Gasteiger partial charge is 0.703 e. The van der Waals surface area contributed by atoms with Crippen LogP contribution in [0.5, 0.6) is 0 Å². The third-order valence-corrected chi connectivity index (χ3v) is 14.1. The van der Waals surface area contributed by atoms with Gasteiger partial charge in [-0.2, -0.15) is 0 Å². The zero-order chi connectivity index (χ0) is 8.41. The molecule has 10 heteroatoms. The lowest BCUT2D eigenvalue weighted by molar-refractivity contribution is 0.928. The topological polar surface area (TPSA) is 0 Å². The second kappa shape index (κ2) is 4.70. The van der Waals surface area contributed by atoms with Crippen molar-refractivity contribution in [2.24, 2.45) is 0 Å². The highest BCUT2D eigenvalue weighted by Gasteiger charge is 2.04. The van der Waals surface area contributed by atoms with E-state index in [0.29, 0.717) is 20.8 Å². The van der Waals surface area contributed by atoms with E-state index in [9.17, 15) is 8.39 Å². The Morgan fingerprint density at radius 3 is 1.30 bits per heavy atom. The Morgan fingerprint density at radius 1 is 1.00 bits per heavy atom. The molecule has 0 N–H and O–H groups in total. The Bertz CT molecular complexity index is 164. The zero-order valence-corrected chi connectivity index (χ0v) is 10.8. The van der Waals surface area contributed by atoms with Crippen LogP contribution in [0.15, 0.2) is 0 Å². The van der Waals surface area contributed by atoms with Crippen molar-refractivity contribution >= 4 is 78.4 Å². The van der Waals surface area contributed by atoms with Crippen molar-refractivity contribution < 1.29 is 8.39 Å². The van der Waals surface area contributed by atoms with Gasteiger partial charge < -0.3 is 24.5 Å². The fraction of sp³-hybridized carbons (Fsp3) is 0. The molecule has 0 saturated carbocycles. The Labute approximate surface area is 86.1 Å². The van der Waals surface area contributed by atoms with Crippen molar-refractivity contribution in [3.8, 4) is 0 Å². The van der Waals surface area contributed by atoms with Crippen molar-refractivity contribution in [3.63, 3.8) is 0 Å². The number of halogens is 2. The normalized spacial score (nSPS) is 23.2. The summed E-state index contributed by atoms with van der Waals surface area (Å²) in [5.41, 5.74) is 0. The van der Waals surface area contributed by atoms with Crippen molar-refractivity contribution in [2.45, 2.75) is 0 Å². The molecule has 0 aromatic heterocycles. The third kappa shape index (κ3) is 10.6. The van der Waals surface area contributed by atoms with Crippen LogP contribution in [0.25, 0.3) is 0 Å². The predicted octanol–water partition coefficient (Wildman–Crippen LogP) is 3.85. The molecule has 0 heterocycles. The molecule has 2 unspecified atom stereocenters. The zero-order valence-electron chi connectivity index (χ0n) is 4.10. The second-order valence-corrected chi connectivity index (χ2v) is 19.8. The Balaban J connectivity index is 3.79. The molecule has 0 spiro atoms. The summed E-state index contributed by atoms with van der Waals surface area (Å²) in [7, 11) is 0.995. The van der Waals surface area contributed by atoms with E-state index in [1.54, 1.807) is 0 Å². The summed E-state index contributed by atoms with van der Waals surface area (Å²) >= 11 is 16.9. The summed E-state index contributed by atoms with van der Waals surface area (Å²) in [6, 6.07) is 0. The molecule has 0 saturated heterocycles. The quantitative estimate of drug-likeness (QED) is 0.437. The van der Waals surface area contributed by atoms with Gasteiger partial charge in [-0.05, 0) is 20.8 Å². The highest BCUT2D eigenvalue weighted by atomic mass is 33.7. The van der Waals surface area contributed by atoms with Crippen molar-refractivity contribution in [1.82, 2.24) is 0 Å². The van der Waals surface area contributed by atoms with Crippen LogP contribution < -0.4 is 0 Å². The highest BCUT2D eigenvalue weighted by Crippen LogP contribution is 2.75. The second-order valence-electron chi connectivity index (χ2n) is 1.01. The monoisotopic (exact) mass is 292 g/mol. The molecule has 0 aromatic carbocycles. The van der Waals surface area contributed by atoms with Crippen LogP contribution in [0.1, 0.15) is 0 Å². The molecule has 0 amide bonds. The average Bonchev–Trinajstić information content (AvgIpc) is 1.57. The average molecular weight is 292 g/mol. The summed E-state index contributed by atoms with van der Waals surface area (Å²) in [4.78, 5) is 0. The molecule has 0 aliphatic carbocycles. The van der Waals surface area contributed by atoms with Crippen LogP contribution in [0.4, 0.5) is 8.39 Å². The lowest BCUT2D eigenvalue weighted by atomic mass is 18.9. The van der Waals surface area contributed by atoms with E-state index in [2.05, 4.69) is 48.1 Å². The maximum absolute atomic E-state index is 12.4. The molecule has 10 heavy (non-hydrogen) atoms. The minimum absolute atomic E-state index is 0.497. The third-order valence-electron chi connectivity index (χ3n) is 0.211. The fourth-order valence-electron chi connectivity index (χ4n) is 0.0796. The van der Waals surface area contributed by atoms with E-state index >= 15 is 0 Å². The van der Waals surface area contributed by atoms with Crippen LogP contribution in [-0.2, 0) is 48.1 Å². The molecule has 0 rings (SSSR count). The van der Waals surface area contributed by atoms with Gasteiger partial charge in [-0.3, -0.25) is 0 Å². The number of rotatable bonds is 3. The van der Waals surface area contributed by atoms with E-state index in [4.69, 9.17) is 0 Å². The minimum atomic E-state index is -3.31. The Kier molecular flexibility index (Phi) is 5.90. The first-order valence-corrected chi connectivity index (χ1v) is 12.4. The van der Waals surface area contributed by atoms with Crippen LogP contribution >= 0.6 is 30.3 Å². The van der Waals surface area contributed by atoms with Crippen molar-refractivity contribution in [1.29, 1.82) is 0 Å². The number of hydrogen-bond acceptors (Lipinski definition) is 6. The standard InChI is InChI=1S/F2H2P2S6/c1-3(5,6)9-10-4(2,7)8/h(H,5,6)(H,7,8)/p-2. The summed E-state index contributed by atoms with van der Waals surface area (Å²) in [6.07, 6.45) is 0. The van der Waals surface area contributed by atoms with Gasteiger partial charge in [-0.1, -0.05) is 23.6 Å². The molecule has 0 radical (unpaired) electrons. The van der Waals surface area contributed by atoms with Gasteiger partial charge in [0.2, 0.25) is 0 Å². The van der Waals surface area contributed by atoms with Gasteiger partial charge in [-0.25, -0.2) is 8.39 Å². The van der Waals surface area contributed by atoms with E-state index in [-0.39, 0.29) is 0 Å². The van der Waals surface area contributed by atoms with Crippen LogP contribution in [-0.4, -0.2) is 0 Å². The molecular formula is F2P2S6-2. The maximum atomic E-state index is 12.4.